The maximum atomic E-state index is 11.9. The lowest BCUT2D eigenvalue weighted by Crippen LogP contribution is -2.32. The summed E-state index contributed by atoms with van der Waals surface area (Å²) < 4.78 is 6.82. The minimum absolute atomic E-state index is 0.136. The van der Waals surface area contributed by atoms with Crippen LogP contribution in [0.25, 0.3) is 5.69 Å². The minimum atomic E-state index is -0.299. The number of ether oxygens (including phenoxy) is 1. The molecule has 1 saturated heterocycles. The number of nitrogens with one attached hydrogen (secondary N) is 1. The molecule has 33 heavy (non-hydrogen) atoms. The second kappa shape index (κ2) is 9.41. The highest BCUT2D eigenvalue weighted by atomic mass is 35.5. The van der Waals surface area contributed by atoms with Crippen LogP contribution >= 0.6 is 23.8 Å². The lowest BCUT2D eigenvalue weighted by Gasteiger charge is -2.28. The van der Waals surface area contributed by atoms with Crippen LogP contribution in [0.5, 0.6) is 5.75 Å². The van der Waals surface area contributed by atoms with Gasteiger partial charge >= 0.3 is 5.97 Å². The highest BCUT2D eigenvalue weighted by Gasteiger charge is 2.41. The van der Waals surface area contributed by atoms with Crippen LogP contribution in [0, 0.1) is 13.8 Å². The molecule has 0 amide bonds. The van der Waals surface area contributed by atoms with Gasteiger partial charge in [0, 0.05) is 29.2 Å². The predicted octanol–water partition coefficient (Wildman–Crippen LogP) is 4.38. The number of methoxy groups -OCH3 is 1. The van der Waals surface area contributed by atoms with E-state index in [0.29, 0.717) is 22.4 Å². The number of pyridine rings is 1. The monoisotopic (exact) mass is 484 g/mol. The van der Waals surface area contributed by atoms with Gasteiger partial charge in [-0.25, -0.2) is 0 Å². The molecule has 1 aliphatic heterocycles. The number of aromatic hydroxyl groups is 1. The maximum absolute atomic E-state index is 11.9. The fraction of sp³-hybridized carbons (Fsp3) is 0.292. The topological polar surface area (TPSA) is 79.6 Å². The molecular weight excluding hydrogens is 460 g/mol. The van der Waals surface area contributed by atoms with Gasteiger partial charge in [0.1, 0.15) is 5.75 Å². The number of hydrogen-bond donors (Lipinski definition) is 2. The molecule has 0 saturated carbocycles. The van der Waals surface area contributed by atoms with Crippen molar-refractivity contribution >= 4 is 34.9 Å². The van der Waals surface area contributed by atoms with Gasteiger partial charge in [-0.1, -0.05) is 17.7 Å². The van der Waals surface area contributed by atoms with Gasteiger partial charge in [-0.15, -0.1) is 0 Å². The molecule has 172 valence electrons. The molecular formula is C24H25ClN4O3S. The van der Waals surface area contributed by atoms with Gasteiger partial charge in [0.25, 0.3) is 0 Å². The number of rotatable bonds is 6. The first-order valence-electron chi connectivity index (χ1n) is 10.5. The molecule has 9 heteroatoms. The number of benzene rings is 1. The number of phenols is 1. The summed E-state index contributed by atoms with van der Waals surface area (Å²) in [4.78, 5) is 18.4. The van der Waals surface area contributed by atoms with Crippen molar-refractivity contribution in [2.45, 2.75) is 32.4 Å². The molecule has 4 rings (SSSR count). The van der Waals surface area contributed by atoms with Crippen LogP contribution in [0.1, 0.15) is 41.1 Å². The SMILES string of the molecule is COC(=O)CCN1C(=S)N[C@H](c2ccccn2)[C@@H]1c1cc(C)n(-c2cc(Cl)ccc2O)c1C. The van der Waals surface area contributed by atoms with Crippen LogP contribution < -0.4 is 5.32 Å². The average Bonchev–Trinajstić information content (AvgIpc) is 3.29. The summed E-state index contributed by atoms with van der Waals surface area (Å²) in [6.45, 7) is 4.38. The number of thiocarbonyl (C=S) groups is 1. The van der Waals surface area contributed by atoms with Crippen molar-refractivity contribution < 1.29 is 14.6 Å². The Bertz CT molecular complexity index is 1200. The highest BCUT2D eigenvalue weighted by Crippen LogP contribution is 2.42. The molecule has 7 nitrogen and oxygen atoms in total. The zero-order chi connectivity index (χ0) is 23.7. The predicted molar refractivity (Wildman–Crippen MR) is 131 cm³/mol. The number of aromatic nitrogens is 2. The molecule has 1 aromatic carbocycles. The summed E-state index contributed by atoms with van der Waals surface area (Å²) in [6, 6.07) is 12.4. The zero-order valence-electron chi connectivity index (χ0n) is 18.6. The van der Waals surface area contributed by atoms with E-state index in [9.17, 15) is 9.90 Å². The number of carbonyl (C=O) groups excluding carboxylic acids is 1. The number of halogens is 1. The van der Waals surface area contributed by atoms with E-state index in [0.717, 1.165) is 22.6 Å². The van der Waals surface area contributed by atoms with E-state index in [2.05, 4.69) is 16.4 Å². The second-order valence-electron chi connectivity index (χ2n) is 7.94. The first-order valence-corrected chi connectivity index (χ1v) is 11.3. The molecule has 2 atom stereocenters. The number of esters is 1. The summed E-state index contributed by atoms with van der Waals surface area (Å²) >= 11 is 11.9. The summed E-state index contributed by atoms with van der Waals surface area (Å²) in [5, 5.41) is 15.0. The normalized spacial score (nSPS) is 17.8. The van der Waals surface area contributed by atoms with Crippen molar-refractivity contribution in [1.29, 1.82) is 0 Å². The molecule has 3 aromatic rings. The molecule has 0 spiro atoms. The Hall–Kier alpha value is -3.10. The van der Waals surface area contributed by atoms with E-state index in [1.54, 1.807) is 24.4 Å². The molecule has 2 N–H and O–H groups in total. The van der Waals surface area contributed by atoms with Crippen molar-refractivity contribution in [2.75, 3.05) is 13.7 Å². The fourth-order valence-corrected chi connectivity index (χ4v) is 4.93. The van der Waals surface area contributed by atoms with Crippen molar-refractivity contribution in [3.8, 4) is 11.4 Å². The Morgan fingerprint density at radius 1 is 1.27 bits per heavy atom. The van der Waals surface area contributed by atoms with Gasteiger partial charge in [0.15, 0.2) is 5.11 Å². The van der Waals surface area contributed by atoms with Crippen LogP contribution in [-0.4, -0.2) is 44.3 Å². The Morgan fingerprint density at radius 3 is 2.76 bits per heavy atom. The van der Waals surface area contributed by atoms with E-state index < -0.39 is 0 Å². The summed E-state index contributed by atoms with van der Waals surface area (Å²) in [6.07, 6.45) is 1.96. The third-order valence-corrected chi connectivity index (χ3v) is 6.54. The number of carbonyl (C=O) groups is 1. The lowest BCUT2D eigenvalue weighted by atomic mass is 9.96. The molecule has 1 fully saturated rings. The molecule has 1 aliphatic rings. The van der Waals surface area contributed by atoms with Crippen LogP contribution in [0.3, 0.4) is 0 Å². The van der Waals surface area contributed by atoms with Crippen molar-refractivity contribution in [3.63, 3.8) is 0 Å². The quantitative estimate of drug-likeness (QED) is 0.397. The first-order chi connectivity index (χ1) is 15.8. The van der Waals surface area contributed by atoms with E-state index in [4.69, 9.17) is 28.6 Å². The van der Waals surface area contributed by atoms with Crippen LogP contribution in [0.15, 0.2) is 48.7 Å². The molecule has 0 unspecified atom stereocenters. The molecule has 0 radical (unpaired) electrons. The van der Waals surface area contributed by atoms with Crippen molar-refractivity contribution in [2.24, 2.45) is 0 Å². The first kappa shape index (κ1) is 23.1. The average molecular weight is 485 g/mol. The Kier molecular flexibility index (Phi) is 6.58. The third kappa shape index (κ3) is 4.41. The molecule has 0 bridgehead atoms. The highest BCUT2D eigenvalue weighted by molar-refractivity contribution is 7.80. The third-order valence-electron chi connectivity index (χ3n) is 5.95. The van der Waals surface area contributed by atoms with Crippen LogP contribution in [-0.2, 0) is 9.53 Å². The largest absolute Gasteiger partial charge is 0.506 e. The van der Waals surface area contributed by atoms with Crippen LogP contribution in [0.4, 0.5) is 0 Å². The molecule has 2 aromatic heterocycles. The Balaban J connectivity index is 1.82. The Morgan fingerprint density at radius 2 is 2.06 bits per heavy atom. The number of phenolic OH excluding ortho intramolecular Hbond substituents is 1. The standard InChI is InChI=1S/C24H25ClN4O3S/c1-14-12-17(15(2)29(14)19-13-16(25)7-8-20(19)30)23-22(18-6-4-5-10-26-18)27-24(33)28(23)11-9-21(31)32-3/h4-8,10,12-13,22-23,30H,9,11H2,1-3H3,(H,27,33)/t22-,23+/m1/s1. The van der Waals surface area contributed by atoms with Gasteiger partial charge in [0.05, 0.1) is 37.0 Å². The second-order valence-corrected chi connectivity index (χ2v) is 8.76. The zero-order valence-corrected chi connectivity index (χ0v) is 20.2. The summed E-state index contributed by atoms with van der Waals surface area (Å²) in [5.74, 6) is -0.163. The number of aryl methyl sites for hydroxylation is 1. The van der Waals surface area contributed by atoms with Gasteiger partial charge < -0.3 is 24.6 Å². The summed E-state index contributed by atoms with van der Waals surface area (Å²) in [7, 11) is 1.38. The number of hydrogen-bond acceptors (Lipinski definition) is 5. The molecule has 3 heterocycles. The van der Waals surface area contributed by atoms with Crippen LogP contribution in [0.2, 0.25) is 5.02 Å². The smallest absolute Gasteiger partial charge is 0.307 e. The van der Waals surface area contributed by atoms with Crippen molar-refractivity contribution in [3.05, 3.63) is 76.3 Å². The van der Waals surface area contributed by atoms with E-state index in [1.165, 1.54) is 7.11 Å². The Labute approximate surface area is 203 Å². The van der Waals surface area contributed by atoms with Gasteiger partial charge in [-0.2, -0.15) is 0 Å². The van der Waals surface area contributed by atoms with Gasteiger partial charge in [0.2, 0.25) is 0 Å². The summed E-state index contributed by atoms with van der Waals surface area (Å²) in [5.41, 5.74) is 4.34. The van der Waals surface area contributed by atoms with E-state index in [1.807, 2.05) is 41.5 Å². The van der Waals surface area contributed by atoms with E-state index >= 15 is 0 Å². The fourth-order valence-electron chi connectivity index (χ4n) is 4.43. The molecule has 0 aliphatic carbocycles. The minimum Gasteiger partial charge on any atom is -0.506 e. The van der Waals surface area contributed by atoms with Gasteiger partial charge in [-0.05, 0) is 68.0 Å². The van der Waals surface area contributed by atoms with Crippen molar-refractivity contribution in [1.82, 2.24) is 19.8 Å². The maximum Gasteiger partial charge on any atom is 0.307 e. The lowest BCUT2D eigenvalue weighted by molar-refractivity contribution is -0.140. The number of nitrogens with zero attached hydrogens (tertiary/aromatic N) is 3. The van der Waals surface area contributed by atoms with E-state index in [-0.39, 0.29) is 30.2 Å². The van der Waals surface area contributed by atoms with Gasteiger partial charge in [-0.3, -0.25) is 9.78 Å².